The van der Waals surface area contributed by atoms with E-state index in [1.165, 1.54) is 31.0 Å². The van der Waals surface area contributed by atoms with Crippen molar-refractivity contribution < 1.29 is 25.5 Å². The topological polar surface area (TPSA) is 361 Å². The molecule has 540 valence electrons. The van der Waals surface area contributed by atoms with Gasteiger partial charge in [-0.25, -0.2) is 38.3 Å². The van der Waals surface area contributed by atoms with Crippen molar-refractivity contribution in [2.24, 2.45) is 0 Å². The average Bonchev–Trinajstić information content (AvgIpc) is 1.67. The number of aliphatic hydroxyl groups excluding tert-OH is 5. The van der Waals surface area contributed by atoms with Crippen LogP contribution in [0.15, 0.2) is 128 Å². The van der Waals surface area contributed by atoms with E-state index in [0.29, 0.717) is 103 Å². The molecule has 0 unspecified atom stereocenters. The monoisotopic (exact) mass is 1590 g/mol. The van der Waals surface area contributed by atoms with Gasteiger partial charge in [0.05, 0.1) is 116 Å². The lowest BCUT2D eigenvalue weighted by molar-refractivity contribution is 0.269. The van der Waals surface area contributed by atoms with Gasteiger partial charge in [-0.05, 0) is 102 Å². The van der Waals surface area contributed by atoms with Gasteiger partial charge in [0.25, 0.3) is 0 Å². The van der Waals surface area contributed by atoms with E-state index in [4.69, 9.17) is 174 Å². The second kappa shape index (κ2) is 42.3. The number of nitriles is 3. The van der Waals surface area contributed by atoms with E-state index in [1.807, 2.05) is 24.3 Å². The third kappa shape index (κ3) is 22.7. The summed E-state index contributed by atoms with van der Waals surface area (Å²) in [4.78, 5) is 17.2. The highest BCUT2D eigenvalue weighted by Crippen LogP contribution is 2.35. The van der Waals surface area contributed by atoms with Crippen molar-refractivity contribution >= 4 is 169 Å². The molecule has 0 amide bonds. The van der Waals surface area contributed by atoms with E-state index in [0.717, 1.165) is 0 Å². The lowest BCUT2D eigenvalue weighted by Gasteiger charge is -2.02. The maximum Gasteiger partial charge on any atom is 0.216 e. The standard InChI is InChI=1S/C15H11Cl2N5O.C15H12ClN5O.C15H11ClN4O.C14H12Cl2N4O.C14H11Cl2N3O/c1-20-13(7-9-11(16)3-2-4-12(9)17)14-10(8-18)15(19)22(21-14)5-6-23;1-19-13(8-10-4-2-3-5-12(10)16)14-11(9-17)15(18)21(20-14)6-7-22;1-18-14(8-11-4-2-3-5-13(11)16)15-12(9-17)10-20(19-15)6-7-21;1-18-12(7-9-10(15)3-2-4-11(9)16)13-8-14(17)20(19-13)5-6-21;1-17-14(13-5-6-19(18-13)7-8-20)9-10-11(15)3-2-4-12(10)16/h2-4,7,23H,5-6,19H2;2-5,8,22H,6-7,18H2;2-5,8,10,21H,6-7H2;2-4,7-8,21H,5-6,17H2;2-6,9,20H,7-8H2. The minimum atomic E-state index is -0.191. The molecule has 0 bridgehead atoms. The fraction of sp³-hybridized carbons (Fsp3) is 0.137. The minimum absolute atomic E-state index is 0.00543. The smallest absolute Gasteiger partial charge is 0.216 e. The molecule has 10 aromatic rings. The summed E-state index contributed by atoms with van der Waals surface area (Å²) in [5.74, 6) is 0.593. The number of hydrogen-bond donors (Lipinski definition) is 8. The third-order valence-corrected chi connectivity index (χ3v) is 16.9. The zero-order chi connectivity index (χ0) is 78.3. The number of benzene rings is 5. The molecule has 0 aliphatic carbocycles. The first-order valence-electron chi connectivity index (χ1n) is 30.8. The molecule has 34 heteroatoms. The van der Waals surface area contributed by atoms with Gasteiger partial charge in [0.15, 0.2) is 0 Å². The Bertz CT molecular complexity index is 5320. The van der Waals surface area contributed by atoms with Crippen molar-refractivity contribution in [1.82, 2.24) is 48.9 Å². The molecular weight excluding hydrogens is 1530 g/mol. The molecule has 0 saturated carbocycles. The number of nitrogens with zero attached hydrogens (tertiary/aromatic N) is 18. The summed E-state index contributed by atoms with van der Waals surface area (Å²) in [5, 5.41) is 96.9. The van der Waals surface area contributed by atoms with Gasteiger partial charge in [0.2, 0.25) is 28.5 Å². The SMILES string of the molecule is [C-]#[N+]C(=Cc1c(Cl)cccc1Cl)c1cc(N)n(CCO)n1.[C-]#[N+]C(=Cc1c(Cl)cccc1Cl)c1ccn(CCO)n1.[C-]#[N+]C(=Cc1c(Cl)cccc1Cl)c1nn(CCO)c(N)c1C#N.[C-]#[N+]C(=Cc1ccccc1Cl)c1nn(CCO)c(N)c1C#N.[C-]#[N+]C(=Cc1ccccc1Cl)c1nn(CCO)cc1C#N. The van der Waals surface area contributed by atoms with Crippen LogP contribution in [-0.4, -0.2) is 107 Å². The predicted octanol–water partition coefficient (Wildman–Crippen LogP) is 15.1. The molecule has 107 heavy (non-hydrogen) atoms. The first-order valence-corrected chi connectivity index (χ1v) is 33.8. The lowest BCUT2D eigenvalue weighted by Crippen LogP contribution is -2.07. The quantitative estimate of drug-likeness (QED) is 0.0329. The van der Waals surface area contributed by atoms with Crippen LogP contribution in [0, 0.1) is 66.9 Å². The number of nitrogen functional groups attached to an aromatic ring is 3. The fourth-order valence-electron chi connectivity index (χ4n) is 9.15. The highest BCUT2D eigenvalue weighted by Gasteiger charge is 2.22. The van der Waals surface area contributed by atoms with Crippen LogP contribution < -0.4 is 17.2 Å². The Balaban J connectivity index is 0.000000209. The number of halogens is 8. The Morgan fingerprint density at radius 3 is 1.13 bits per heavy atom. The number of hydrogen-bond acceptors (Lipinski definition) is 16. The van der Waals surface area contributed by atoms with Crippen LogP contribution in [0.25, 0.3) is 83.1 Å². The predicted molar refractivity (Wildman–Crippen MR) is 419 cm³/mol. The molecule has 0 spiro atoms. The molecule has 0 saturated heterocycles. The van der Waals surface area contributed by atoms with Crippen LogP contribution >= 0.6 is 92.8 Å². The molecule has 0 atom stereocenters. The zero-order valence-electron chi connectivity index (χ0n) is 55.6. The molecule has 5 aromatic carbocycles. The number of rotatable bonds is 20. The average molecular weight is 1590 g/mol. The lowest BCUT2D eigenvalue weighted by atomic mass is 10.1. The maximum atomic E-state index is 9.27. The fourth-order valence-corrected chi connectivity index (χ4v) is 11.0. The van der Waals surface area contributed by atoms with Crippen molar-refractivity contribution in [3.63, 3.8) is 0 Å². The van der Waals surface area contributed by atoms with E-state index in [2.05, 4.69) is 49.7 Å². The van der Waals surface area contributed by atoms with Gasteiger partial charge in [0, 0.05) is 69.3 Å². The highest BCUT2D eigenvalue weighted by molar-refractivity contribution is 6.39. The summed E-state index contributed by atoms with van der Waals surface area (Å²) in [7, 11) is 0. The molecule has 5 heterocycles. The van der Waals surface area contributed by atoms with Crippen molar-refractivity contribution in [2.75, 3.05) is 50.2 Å². The van der Waals surface area contributed by atoms with Crippen molar-refractivity contribution in [2.45, 2.75) is 32.7 Å². The molecule has 0 fully saturated rings. The first kappa shape index (κ1) is 84.2. The molecule has 0 aliphatic rings. The molecule has 10 rings (SSSR count). The van der Waals surface area contributed by atoms with E-state index in [9.17, 15) is 10.5 Å². The van der Waals surface area contributed by atoms with Gasteiger partial charge in [-0.15, -0.1) is 0 Å². The zero-order valence-corrected chi connectivity index (χ0v) is 61.7. The van der Waals surface area contributed by atoms with Crippen LogP contribution in [0.2, 0.25) is 40.2 Å². The largest absolute Gasteiger partial charge is 0.394 e. The van der Waals surface area contributed by atoms with E-state index in [-0.39, 0.29) is 122 Å². The Labute approximate surface area is 653 Å². The minimum Gasteiger partial charge on any atom is -0.394 e. The summed E-state index contributed by atoms with van der Waals surface area (Å²) in [6.07, 6.45) is 11.0. The Morgan fingerprint density at radius 1 is 0.393 bits per heavy atom. The van der Waals surface area contributed by atoms with E-state index >= 15 is 0 Å². The third-order valence-electron chi connectivity index (χ3n) is 14.2. The van der Waals surface area contributed by atoms with Crippen molar-refractivity contribution in [3.8, 4) is 18.2 Å². The van der Waals surface area contributed by atoms with Crippen molar-refractivity contribution in [1.29, 1.82) is 15.8 Å². The second-order valence-electron chi connectivity index (χ2n) is 21.1. The summed E-state index contributed by atoms with van der Waals surface area (Å²) in [6.45, 7) is 37.2. The second-order valence-corrected chi connectivity index (χ2v) is 24.3. The van der Waals surface area contributed by atoms with Gasteiger partial charge in [-0.2, -0.15) is 41.3 Å². The van der Waals surface area contributed by atoms with E-state index < -0.39 is 0 Å². The summed E-state index contributed by atoms with van der Waals surface area (Å²) in [5.41, 5.74) is 23.5. The van der Waals surface area contributed by atoms with Gasteiger partial charge < -0.3 is 42.7 Å². The van der Waals surface area contributed by atoms with Crippen LogP contribution in [0.3, 0.4) is 0 Å². The number of nitrogens with two attached hydrogens (primary N) is 3. The number of aromatic nitrogens is 10. The molecule has 5 aromatic heterocycles. The van der Waals surface area contributed by atoms with Gasteiger partial charge in [0.1, 0.15) is 63.9 Å². The Morgan fingerprint density at radius 2 is 0.748 bits per heavy atom. The Hall–Kier alpha value is -11.7. The summed E-state index contributed by atoms with van der Waals surface area (Å²) >= 11 is 48.7. The summed E-state index contributed by atoms with van der Waals surface area (Å²) in [6, 6.07) is 38.6. The van der Waals surface area contributed by atoms with Crippen LogP contribution in [0.4, 0.5) is 17.5 Å². The van der Waals surface area contributed by atoms with Gasteiger partial charge in [-0.3, -0.25) is 9.36 Å². The maximum absolute atomic E-state index is 9.27. The Kier molecular flexibility index (Phi) is 33.3. The normalized spacial score (nSPS) is 11.2. The molecule has 26 nitrogen and oxygen atoms in total. The van der Waals surface area contributed by atoms with Gasteiger partial charge in [-0.1, -0.05) is 147 Å². The molecule has 0 radical (unpaired) electrons. The number of anilines is 3. The summed E-state index contributed by atoms with van der Waals surface area (Å²) < 4.78 is 7.03. The first-order chi connectivity index (χ1) is 51.5. The van der Waals surface area contributed by atoms with Gasteiger partial charge >= 0.3 is 0 Å². The van der Waals surface area contributed by atoms with Crippen LogP contribution in [0.1, 0.15) is 73.0 Å². The van der Waals surface area contributed by atoms with Crippen LogP contribution in [-0.2, 0) is 32.7 Å². The van der Waals surface area contributed by atoms with Crippen molar-refractivity contribution in [3.05, 3.63) is 298 Å². The van der Waals surface area contributed by atoms with Crippen LogP contribution in [0.5, 0.6) is 0 Å². The molecule has 11 N–H and O–H groups in total. The highest BCUT2D eigenvalue weighted by atomic mass is 35.5. The number of aliphatic hydroxyl groups is 5. The molecular formula is C73H57Cl8N21O5. The molecule has 0 aliphatic heterocycles. The van der Waals surface area contributed by atoms with E-state index in [1.54, 1.807) is 144 Å².